The Balaban J connectivity index is 2.09. The summed E-state index contributed by atoms with van der Waals surface area (Å²) in [6.07, 6.45) is 0. The average molecular weight is 441 g/mol. The smallest absolute Gasteiger partial charge is 0.206 e. The summed E-state index contributed by atoms with van der Waals surface area (Å²) >= 11 is 0. The molecular weight excluding hydrogens is 432 g/mol. The fourth-order valence-corrected chi connectivity index (χ4v) is 8.92. The third kappa shape index (κ3) is 2.46. The van der Waals surface area contributed by atoms with Crippen molar-refractivity contribution in [1.82, 2.24) is 0 Å². The summed E-state index contributed by atoms with van der Waals surface area (Å²) in [7, 11) is 4.33. The Labute approximate surface area is 170 Å². The second kappa shape index (κ2) is 6.52. The van der Waals surface area contributed by atoms with Crippen LogP contribution in [0.3, 0.4) is 0 Å². The van der Waals surface area contributed by atoms with Crippen LogP contribution in [0.15, 0.2) is 67.7 Å². The van der Waals surface area contributed by atoms with E-state index in [1.165, 1.54) is 0 Å². The number of benzene rings is 4. The predicted molar refractivity (Wildman–Crippen MR) is 122 cm³/mol. The van der Waals surface area contributed by atoms with Crippen molar-refractivity contribution in [1.29, 1.82) is 0 Å². The van der Waals surface area contributed by atoms with Crippen molar-refractivity contribution < 1.29 is 0 Å². The molecule has 0 saturated carbocycles. The Bertz CT molecular complexity index is 1450. The summed E-state index contributed by atoms with van der Waals surface area (Å²) in [6.45, 7) is 0. The van der Waals surface area contributed by atoms with E-state index in [-0.39, 0.29) is 21.7 Å². The molecule has 4 nitrogen and oxygen atoms in total. The van der Waals surface area contributed by atoms with E-state index in [1.807, 2.05) is 0 Å². The van der Waals surface area contributed by atoms with Gasteiger partial charge < -0.3 is 0 Å². The van der Waals surface area contributed by atoms with Gasteiger partial charge in [0.1, 0.15) is 18.8 Å². The summed E-state index contributed by atoms with van der Waals surface area (Å²) in [5.41, 5.74) is -0.908. The molecule has 0 fully saturated rings. The molecule has 0 bridgehead atoms. The Morgan fingerprint density at radius 3 is 0.821 bits per heavy atom. The van der Waals surface area contributed by atoms with E-state index in [0.717, 1.165) is 41.4 Å². The van der Waals surface area contributed by atoms with Crippen molar-refractivity contribution >= 4 is 81.7 Å². The standard InChI is InChI=1S/C20H8O4S4/c21-13-9-5-1-2-6-10(9)14(22)18-17(13)25-27-19-15(23)11-7-3-4-8-12(11)16(24)20(19)28-26-18/h1-8H. The number of rotatable bonds is 0. The van der Waals surface area contributed by atoms with Crippen LogP contribution >= 0.6 is 41.4 Å². The van der Waals surface area contributed by atoms with E-state index in [1.54, 1.807) is 48.5 Å². The van der Waals surface area contributed by atoms with Crippen molar-refractivity contribution in [2.45, 2.75) is 0 Å². The van der Waals surface area contributed by atoms with Gasteiger partial charge in [-0.3, -0.25) is 19.2 Å². The lowest BCUT2D eigenvalue weighted by atomic mass is 10.1. The van der Waals surface area contributed by atoms with E-state index >= 15 is 0 Å². The zero-order chi connectivity index (χ0) is 19.4. The van der Waals surface area contributed by atoms with Gasteiger partial charge in [0.2, 0.25) is 21.7 Å². The third-order valence-corrected chi connectivity index (χ3v) is 9.64. The number of fused-ring (bicyclic) bond motifs is 4. The van der Waals surface area contributed by atoms with Gasteiger partial charge in [0.05, 0.1) is 0 Å². The van der Waals surface area contributed by atoms with Crippen LogP contribution in [0.5, 0.6) is 0 Å². The van der Waals surface area contributed by atoms with Gasteiger partial charge in [-0.25, -0.2) is 0 Å². The molecule has 4 aromatic carbocycles. The Kier molecular flexibility index (Phi) is 4.09. The van der Waals surface area contributed by atoms with Gasteiger partial charge >= 0.3 is 0 Å². The molecule has 0 N–H and O–H groups in total. The fourth-order valence-electron chi connectivity index (χ4n) is 3.13. The van der Waals surface area contributed by atoms with Crippen LogP contribution in [0, 0.1) is 0 Å². The fraction of sp³-hybridized carbons (Fsp3) is 0. The molecule has 0 saturated heterocycles. The van der Waals surface area contributed by atoms with Gasteiger partial charge in [0, 0.05) is 21.5 Å². The quantitative estimate of drug-likeness (QED) is 0.331. The van der Waals surface area contributed by atoms with Gasteiger partial charge in [-0.05, 0) is 0 Å². The molecular formula is C20H8O4S4. The van der Waals surface area contributed by atoms with Gasteiger partial charge in [0.15, 0.2) is 0 Å². The molecule has 0 amide bonds. The predicted octanol–water partition coefficient (Wildman–Crippen LogP) is 4.55. The average Bonchev–Trinajstić information content (AvgIpc) is 2.71. The molecule has 1 aromatic heterocycles. The normalized spacial score (nSPS) is 11.4. The minimum absolute atomic E-state index is 0.227. The zero-order valence-corrected chi connectivity index (χ0v) is 17.2. The van der Waals surface area contributed by atoms with Crippen LogP contribution in [0.4, 0.5) is 0 Å². The van der Waals surface area contributed by atoms with Crippen LogP contribution in [0.25, 0.3) is 40.3 Å². The monoisotopic (exact) mass is 440 g/mol. The lowest BCUT2D eigenvalue weighted by Gasteiger charge is -1.99. The maximum atomic E-state index is 12.9. The minimum Gasteiger partial charge on any atom is -0.288 e. The summed E-state index contributed by atoms with van der Waals surface area (Å²) < 4.78 is 1.27. The molecule has 0 spiro atoms. The van der Waals surface area contributed by atoms with Gasteiger partial charge in [0.25, 0.3) is 0 Å². The lowest BCUT2D eigenvalue weighted by Crippen LogP contribution is -2.11. The number of hydrogen-bond acceptors (Lipinski definition) is 8. The van der Waals surface area contributed by atoms with E-state index < -0.39 is 0 Å². The summed E-state index contributed by atoms with van der Waals surface area (Å²) in [6, 6.07) is 13.4. The van der Waals surface area contributed by atoms with Crippen LogP contribution in [-0.2, 0) is 0 Å². The van der Waals surface area contributed by atoms with Gasteiger partial charge in [-0.2, -0.15) is 0 Å². The second-order valence-corrected chi connectivity index (χ2v) is 10.4. The lowest BCUT2D eigenvalue weighted by molar-refractivity contribution is 1.72. The first kappa shape index (κ1) is 17.6. The SMILES string of the molecule is O=c1c2ccccc2c(=O)c2ssc3c(=O)c4ccccc4c(=O)c3ssc12. The first-order valence-electron chi connectivity index (χ1n) is 8.12. The van der Waals surface area contributed by atoms with E-state index in [2.05, 4.69) is 0 Å². The van der Waals surface area contributed by atoms with E-state index in [0.29, 0.717) is 40.3 Å². The van der Waals surface area contributed by atoms with Gasteiger partial charge in [-0.1, -0.05) is 89.9 Å². The van der Waals surface area contributed by atoms with Crippen LogP contribution in [-0.4, -0.2) is 0 Å². The third-order valence-electron chi connectivity index (χ3n) is 4.49. The van der Waals surface area contributed by atoms with Crippen molar-refractivity contribution in [2.24, 2.45) is 0 Å². The first-order chi connectivity index (χ1) is 13.6. The molecule has 0 aliphatic heterocycles. The largest absolute Gasteiger partial charge is 0.288 e. The molecule has 0 atom stereocenters. The molecule has 5 aromatic rings. The molecule has 28 heavy (non-hydrogen) atoms. The highest BCUT2D eigenvalue weighted by Crippen LogP contribution is 2.28. The topological polar surface area (TPSA) is 68.3 Å². The second-order valence-electron chi connectivity index (χ2n) is 6.06. The van der Waals surface area contributed by atoms with Crippen LogP contribution in [0.2, 0.25) is 0 Å². The Morgan fingerprint density at radius 2 is 0.607 bits per heavy atom. The molecule has 0 aliphatic rings. The minimum atomic E-state index is -0.227. The highest BCUT2D eigenvalue weighted by atomic mass is 32.9. The molecule has 136 valence electrons. The molecule has 0 unspecified atom stereocenters. The highest BCUT2D eigenvalue weighted by Gasteiger charge is 2.14. The summed E-state index contributed by atoms with van der Waals surface area (Å²) in [5, 5.41) is 1.49. The Morgan fingerprint density at radius 1 is 0.393 bits per heavy atom. The van der Waals surface area contributed by atoms with Gasteiger partial charge in [-0.15, -0.1) is 0 Å². The van der Waals surface area contributed by atoms with E-state index in [9.17, 15) is 19.2 Å². The molecule has 8 heteroatoms. The van der Waals surface area contributed by atoms with Crippen molar-refractivity contribution in [3.63, 3.8) is 0 Å². The van der Waals surface area contributed by atoms with Crippen molar-refractivity contribution in [3.05, 3.63) is 89.4 Å². The van der Waals surface area contributed by atoms with Crippen molar-refractivity contribution in [2.75, 3.05) is 0 Å². The maximum Gasteiger partial charge on any atom is 0.206 e. The summed E-state index contributed by atoms with van der Waals surface area (Å²) in [4.78, 5) is 51.7. The molecule has 5 rings (SSSR count). The molecule has 1 heterocycles. The zero-order valence-electron chi connectivity index (χ0n) is 13.9. The summed E-state index contributed by atoms with van der Waals surface area (Å²) in [5.74, 6) is 0. The van der Waals surface area contributed by atoms with E-state index in [4.69, 9.17) is 0 Å². The van der Waals surface area contributed by atoms with Crippen molar-refractivity contribution in [3.8, 4) is 0 Å². The maximum absolute atomic E-state index is 12.9. The number of hydrogen-bond donors (Lipinski definition) is 0. The van der Waals surface area contributed by atoms with Crippen LogP contribution in [0.1, 0.15) is 0 Å². The first-order valence-corrected chi connectivity index (χ1v) is 12.4. The highest BCUT2D eigenvalue weighted by molar-refractivity contribution is 7.78. The Hall–Kier alpha value is -2.52. The molecule has 0 radical (unpaired) electrons. The molecule has 0 aliphatic carbocycles. The van der Waals surface area contributed by atoms with Crippen LogP contribution < -0.4 is 21.7 Å².